The van der Waals surface area contributed by atoms with Crippen LogP contribution in [-0.2, 0) is 4.74 Å². The van der Waals surface area contributed by atoms with E-state index in [2.05, 4.69) is 9.97 Å². The van der Waals surface area contributed by atoms with Gasteiger partial charge < -0.3 is 14.6 Å². The first-order valence-corrected chi connectivity index (χ1v) is 7.99. The molecular weight excluding hydrogens is 286 g/mol. The van der Waals surface area contributed by atoms with Crippen LogP contribution in [0.15, 0.2) is 17.6 Å². The molecule has 1 amide bonds. The maximum Gasteiger partial charge on any atom is 0.270 e. The summed E-state index contributed by atoms with van der Waals surface area (Å²) >= 11 is 1.61. The fourth-order valence-electron chi connectivity index (χ4n) is 2.54. The molecule has 0 radical (unpaired) electrons. The van der Waals surface area contributed by atoms with Gasteiger partial charge in [0.2, 0.25) is 0 Å². The van der Waals surface area contributed by atoms with Gasteiger partial charge >= 0.3 is 0 Å². The summed E-state index contributed by atoms with van der Waals surface area (Å²) in [6.07, 6.45) is 4.13. The normalized spacial score (nSPS) is 18.1. The zero-order valence-electron chi connectivity index (χ0n) is 12.3. The third-order valence-corrected chi connectivity index (χ3v) is 4.45. The van der Waals surface area contributed by atoms with E-state index in [0.717, 1.165) is 35.7 Å². The zero-order valence-corrected chi connectivity index (χ0v) is 13.1. The van der Waals surface area contributed by atoms with Gasteiger partial charge in [-0.3, -0.25) is 4.79 Å². The molecule has 0 saturated carbocycles. The number of hydrogen-bond acceptors (Lipinski definition) is 4. The van der Waals surface area contributed by atoms with Crippen molar-refractivity contribution in [2.24, 2.45) is 0 Å². The zero-order chi connectivity index (χ0) is 14.8. The molecule has 112 valence electrons. The second-order valence-electron chi connectivity index (χ2n) is 5.37. The molecule has 1 N–H and O–H groups in total. The summed E-state index contributed by atoms with van der Waals surface area (Å²) in [6.45, 7) is 3.42. The summed E-state index contributed by atoms with van der Waals surface area (Å²) in [5.41, 5.74) is 2.46. The van der Waals surface area contributed by atoms with Gasteiger partial charge in [0, 0.05) is 37.3 Å². The number of carbonyl (C=O) groups excluding carboxylic acids is 1. The molecule has 6 heteroatoms. The fraction of sp³-hybridized carbons (Fsp3) is 0.467. The summed E-state index contributed by atoms with van der Waals surface area (Å²) in [7, 11) is 1.82. The minimum atomic E-state index is -0.0105. The Balaban J connectivity index is 1.68. The van der Waals surface area contributed by atoms with E-state index < -0.39 is 0 Å². The first kappa shape index (κ1) is 14.3. The Morgan fingerprint density at radius 3 is 3.14 bits per heavy atom. The number of aromatic nitrogens is 2. The number of nitrogens with one attached hydrogen (secondary N) is 1. The van der Waals surface area contributed by atoms with Gasteiger partial charge in [-0.15, -0.1) is 11.3 Å². The molecule has 0 bridgehead atoms. The van der Waals surface area contributed by atoms with E-state index in [-0.39, 0.29) is 12.0 Å². The van der Waals surface area contributed by atoms with Crippen molar-refractivity contribution in [2.45, 2.75) is 25.9 Å². The third kappa shape index (κ3) is 3.16. The van der Waals surface area contributed by atoms with Crippen molar-refractivity contribution < 1.29 is 9.53 Å². The SMILES string of the molecule is Cc1nc(-c2c[nH]c(C(=O)N(C)CC3CCCO3)c2)cs1. The van der Waals surface area contributed by atoms with E-state index >= 15 is 0 Å². The van der Waals surface area contributed by atoms with Gasteiger partial charge in [0.25, 0.3) is 5.91 Å². The predicted molar refractivity (Wildman–Crippen MR) is 82.6 cm³/mol. The fourth-order valence-corrected chi connectivity index (χ4v) is 3.17. The number of likely N-dealkylation sites (N-methyl/N-ethyl adjacent to an activating group) is 1. The van der Waals surface area contributed by atoms with Crippen LogP contribution in [0.5, 0.6) is 0 Å². The van der Waals surface area contributed by atoms with E-state index in [0.29, 0.717) is 12.2 Å². The highest BCUT2D eigenvalue weighted by molar-refractivity contribution is 7.09. The molecule has 1 aliphatic heterocycles. The van der Waals surface area contributed by atoms with Crippen molar-refractivity contribution in [3.63, 3.8) is 0 Å². The van der Waals surface area contributed by atoms with Crippen molar-refractivity contribution in [1.29, 1.82) is 0 Å². The van der Waals surface area contributed by atoms with E-state index in [1.54, 1.807) is 16.2 Å². The molecule has 0 aliphatic carbocycles. The van der Waals surface area contributed by atoms with Crippen LogP contribution < -0.4 is 0 Å². The van der Waals surface area contributed by atoms with E-state index in [4.69, 9.17) is 4.74 Å². The minimum Gasteiger partial charge on any atom is -0.376 e. The molecule has 1 unspecified atom stereocenters. The molecule has 2 aromatic rings. The Morgan fingerprint density at radius 1 is 1.62 bits per heavy atom. The van der Waals surface area contributed by atoms with Crippen LogP contribution in [0.1, 0.15) is 28.3 Å². The smallest absolute Gasteiger partial charge is 0.270 e. The highest BCUT2D eigenvalue weighted by Gasteiger charge is 2.21. The lowest BCUT2D eigenvalue weighted by Gasteiger charge is -2.20. The standard InChI is InChI=1S/C15H19N3O2S/c1-10-17-14(9-21-10)11-6-13(16-7-11)15(19)18(2)8-12-4-3-5-20-12/h6-7,9,12,16H,3-5,8H2,1-2H3. The predicted octanol–water partition coefficient (Wildman–Crippen LogP) is 2.70. The summed E-state index contributed by atoms with van der Waals surface area (Å²) in [4.78, 5) is 21.6. The Kier molecular flexibility index (Phi) is 4.07. The van der Waals surface area contributed by atoms with Crippen LogP contribution in [-0.4, -0.2) is 47.1 Å². The van der Waals surface area contributed by atoms with Crippen LogP contribution in [0.2, 0.25) is 0 Å². The molecule has 0 spiro atoms. The van der Waals surface area contributed by atoms with Gasteiger partial charge in [-0.2, -0.15) is 0 Å². The highest BCUT2D eigenvalue weighted by Crippen LogP contribution is 2.23. The largest absolute Gasteiger partial charge is 0.376 e. The number of rotatable bonds is 4. The third-order valence-electron chi connectivity index (χ3n) is 3.68. The quantitative estimate of drug-likeness (QED) is 0.945. The monoisotopic (exact) mass is 305 g/mol. The van der Waals surface area contributed by atoms with E-state index in [1.807, 2.05) is 31.6 Å². The summed E-state index contributed by atoms with van der Waals surface area (Å²) in [5, 5.41) is 3.03. The number of H-pyrrole nitrogens is 1. The topological polar surface area (TPSA) is 58.2 Å². The Hall–Kier alpha value is -1.66. The van der Waals surface area contributed by atoms with E-state index in [1.165, 1.54) is 0 Å². The van der Waals surface area contributed by atoms with Gasteiger partial charge in [-0.25, -0.2) is 4.98 Å². The molecule has 5 nitrogen and oxygen atoms in total. The van der Waals surface area contributed by atoms with Gasteiger partial charge in [-0.05, 0) is 25.8 Å². The molecular formula is C15H19N3O2S. The van der Waals surface area contributed by atoms with Gasteiger partial charge in [-0.1, -0.05) is 0 Å². The molecule has 1 aliphatic rings. The van der Waals surface area contributed by atoms with Crippen LogP contribution >= 0.6 is 11.3 Å². The van der Waals surface area contributed by atoms with Crippen molar-refractivity contribution in [3.8, 4) is 11.3 Å². The van der Waals surface area contributed by atoms with Crippen molar-refractivity contribution in [1.82, 2.24) is 14.9 Å². The van der Waals surface area contributed by atoms with Crippen LogP contribution in [0, 0.1) is 6.92 Å². The van der Waals surface area contributed by atoms with Crippen LogP contribution in [0.4, 0.5) is 0 Å². The highest BCUT2D eigenvalue weighted by atomic mass is 32.1. The number of amides is 1. The van der Waals surface area contributed by atoms with Crippen LogP contribution in [0.3, 0.4) is 0 Å². The molecule has 0 aromatic carbocycles. The molecule has 21 heavy (non-hydrogen) atoms. The van der Waals surface area contributed by atoms with E-state index in [9.17, 15) is 4.79 Å². The number of aryl methyl sites for hydroxylation is 1. The molecule has 3 rings (SSSR count). The average Bonchev–Trinajstić information content (AvgIpc) is 3.17. The number of thiazole rings is 1. The second kappa shape index (κ2) is 5.99. The molecule has 2 aromatic heterocycles. The number of carbonyl (C=O) groups is 1. The van der Waals surface area contributed by atoms with Gasteiger partial charge in [0.1, 0.15) is 5.69 Å². The summed E-state index contributed by atoms with van der Waals surface area (Å²) < 4.78 is 5.57. The second-order valence-corrected chi connectivity index (χ2v) is 6.44. The lowest BCUT2D eigenvalue weighted by atomic mass is 10.2. The summed E-state index contributed by atoms with van der Waals surface area (Å²) in [5.74, 6) is -0.0105. The van der Waals surface area contributed by atoms with Crippen molar-refractivity contribution in [3.05, 3.63) is 28.3 Å². The minimum absolute atomic E-state index is 0.0105. The lowest BCUT2D eigenvalue weighted by molar-refractivity contribution is 0.0583. The molecule has 3 heterocycles. The van der Waals surface area contributed by atoms with Crippen LogP contribution in [0.25, 0.3) is 11.3 Å². The Bertz CT molecular complexity index is 628. The Labute approximate surface area is 128 Å². The maximum absolute atomic E-state index is 12.4. The lowest BCUT2D eigenvalue weighted by Crippen LogP contribution is -2.34. The first-order valence-electron chi connectivity index (χ1n) is 7.11. The van der Waals surface area contributed by atoms with Crippen molar-refractivity contribution in [2.75, 3.05) is 20.2 Å². The van der Waals surface area contributed by atoms with Gasteiger partial charge in [0.05, 0.1) is 16.8 Å². The molecule has 1 saturated heterocycles. The number of ether oxygens (including phenoxy) is 1. The average molecular weight is 305 g/mol. The maximum atomic E-state index is 12.4. The van der Waals surface area contributed by atoms with Crippen molar-refractivity contribution >= 4 is 17.2 Å². The van der Waals surface area contributed by atoms with Gasteiger partial charge in [0.15, 0.2) is 0 Å². The number of nitrogens with zero attached hydrogens (tertiary/aromatic N) is 2. The number of aromatic amines is 1. The first-order chi connectivity index (χ1) is 10.1. The number of hydrogen-bond donors (Lipinski definition) is 1. The molecule has 1 fully saturated rings. The Morgan fingerprint density at radius 2 is 2.48 bits per heavy atom. The molecule has 1 atom stereocenters. The summed E-state index contributed by atoms with van der Waals surface area (Å²) in [6, 6.07) is 1.86.